The zero-order valence-corrected chi connectivity index (χ0v) is 13.8. The van der Waals surface area contributed by atoms with E-state index in [0.29, 0.717) is 10.4 Å². The number of rotatable bonds is 6. The summed E-state index contributed by atoms with van der Waals surface area (Å²) in [7, 11) is 0. The van der Waals surface area contributed by atoms with Crippen molar-refractivity contribution in [3.05, 3.63) is 58.0 Å². The van der Waals surface area contributed by atoms with Crippen LogP contribution in [0.25, 0.3) is 0 Å². The second-order valence-corrected chi connectivity index (χ2v) is 6.43. The maximum absolute atomic E-state index is 13.6. The van der Waals surface area contributed by atoms with E-state index < -0.39 is 6.04 Å². The van der Waals surface area contributed by atoms with Gasteiger partial charge in [0.05, 0.1) is 4.88 Å². The van der Waals surface area contributed by atoms with E-state index in [2.05, 4.69) is 10.6 Å². The monoisotopic (exact) mass is 334 g/mol. The van der Waals surface area contributed by atoms with Gasteiger partial charge in [-0.2, -0.15) is 0 Å². The first-order chi connectivity index (χ1) is 11.0. The third-order valence-corrected chi connectivity index (χ3v) is 4.26. The summed E-state index contributed by atoms with van der Waals surface area (Å²) in [5.41, 5.74) is 0.410. The van der Waals surface area contributed by atoms with Crippen molar-refractivity contribution in [2.75, 3.05) is 0 Å². The van der Waals surface area contributed by atoms with Gasteiger partial charge >= 0.3 is 0 Å². The summed E-state index contributed by atoms with van der Waals surface area (Å²) in [5.74, 6) is -1.05. The van der Waals surface area contributed by atoms with E-state index in [9.17, 15) is 14.0 Å². The molecule has 0 aliphatic rings. The molecule has 1 heterocycles. The Morgan fingerprint density at radius 3 is 2.52 bits per heavy atom. The van der Waals surface area contributed by atoms with Gasteiger partial charge in [-0.3, -0.25) is 9.59 Å². The predicted molar refractivity (Wildman–Crippen MR) is 88.7 cm³/mol. The number of hydrogen-bond donors (Lipinski definition) is 2. The van der Waals surface area contributed by atoms with Crippen LogP contribution in [0.1, 0.15) is 29.1 Å². The highest BCUT2D eigenvalue weighted by molar-refractivity contribution is 7.12. The van der Waals surface area contributed by atoms with E-state index in [-0.39, 0.29) is 30.1 Å². The van der Waals surface area contributed by atoms with Crippen molar-refractivity contribution in [2.24, 2.45) is 5.92 Å². The number of carbonyl (C=O) groups excluding carboxylic acids is 2. The molecule has 2 amide bonds. The van der Waals surface area contributed by atoms with Crippen molar-refractivity contribution in [1.82, 2.24) is 10.6 Å². The lowest BCUT2D eigenvalue weighted by molar-refractivity contribution is -0.124. The topological polar surface area (TPSA) is 58.2 Å². The van der Waals surface area contributed by atoms with Gasteiger partial charge in [-0.15, -0.1) is 11.3 Å². The smallest absolute Gasteiger partial charge is 0.262 e. The fraction of sp³-hybridized carbons (Fsp3) is 0.294. The lowest BCUT2D eigenvalue weighted by Gasteiger charge is -2.21. The Balaban J connectivity index is 1.98. The normalized spacial score (nSPS) is 12.0. The van der Waals surface area contributed by atoms with Gasteiger partial charge in [0.25, 0.3) is 5.91 Å². The second kappa shape index (κ2) is 7.87. The number of thiophene rings is 1. The van der Waals surface area contributed by atoms with Gasteiger partial charge in [0, 0.05) is 12.1 Å². The predicted octanol–water partition coefficient (Wildman–Crippen LogP) is 2.96. The summed E-state index contributed by atoms with van der Waals surface area (Å²) in [6, 6.07) is 9.08. The first-order valence-corrected chi connectivity index (χ1v) is 8.22. The molecule has 0 radical (unpaired) electrons. The second-order valence-electron chi connectivity index (χ2n) is 5.48. The first-order valence-electron chi connectivity index (χ1n) is 7.34. The number of amides is 2. The fourth-order valence-corrected chi connectivity index (χ4v) is 2.72. The molecule has 6 heteroatoms. The van der Waals surface area contributed by atoms with Crippen LogP contribution in [-0.2, 0) is 11.3 Å². The molecule has 0 aliphatic carbocycles. The van der Waals surface area contributed by atoms with Gasteiger partial charge in [-0.05, 0) is 23.4 Å². The summed E-state index contributed by atoms with van der Waals surface area (Å²) in [6.07, 6.45) is 0. The number of halogens is 1. The molecule has 0 saturated heterocycles. The third kappa shape index (κ3) is 4.63. The number of benzene rings is 1. The van der Waals surface area contributed by atoms with Crippen LogP contribution in [0.5, 0.6) is 0 Å². The molecule has 2 rings (SSSR count). The van der Waals surface area contributed by atoms with Crippen molar-refractivity contribution in [3.63, 3.8) is 0 Å². The average Bonchev–Trinajstić information content (AvgIpc) is 3.05. The SMILES string of the molecule is CC(C)C(NC(=O)c1cccs1)C(=O)NCc1ccccc1F. The Kier molecular flexibility index (Phi) is 5.87. The lowest BCUT2D eigenvalue weighted by atomic mass is 10.0. The van der Waals surface area contributed by atoms with Gasteiger partial charge in [0.2, 0.25) is 5.91 Å². The van der Waals surface area contributed by atoms with Crippen molar-refractivity contribution in [1.29, 1.82) is 0 Å². The van der Waals surface area contributed by atoms with Crippen molar-refractivity contribution in [3.8, 4) is 0 Å². The van der Waals surface area contributed by atoms with Crippen molar-refractivity contribution < 1.29 is 14.0 Å². The Morgan fingerprint density at radius 1 is 1.17 bits per heavy atom. The van der Waals surface area contributed by atoms with E-state index in [4.69, 9.17) is 0 Å². The highest BCUT2D eigenvalue weighted by Gasteiger charge is 2.24. The minimum atomic E-state index is -0.670. The van der Waals surface area contributed by atoms with Crippen molar-refractivity contribution >= 4 is 23.2 Å². The molecule has 1 atom stereocenters. The molecule has 0 bridgehead atoms. The molecule has 0 fully saturated rings. The molecular weight excluding hydrogens is 315 g/mol. The molecule has 1 unspecified atom stereocenters. The fourth-order valence-electron chi connectivity index (χ4n) is 2.09. The standard InChI is InChI=1S/C17H19FN2O2S/c1-11(2)15(20-16(21)14-8-5-9-23-14)17(22)19-10-12-6-3-4-7-13(12)18/h3-9,11,15H,10H2,1-2H3,(H,19,22)(H,20,21). The zero-order valence-electron chi connectivity index (χ0n) is 13.0. The summed E-state index contributed by atoms with van der Waals surface area (Å²) in [4.78, 5) is 25.0. The Bertz CT molecular complexity index is 671. The summed E-state index contributed by atoms with van der Waals surface area (Å²) in [6.45, 7) is 3.79. The number of carbonyl (C=O) groups is 2. The van der Waals surface area contributed by atoms with Gasteiger partial charge in [-0.1, -0.05) is 38.1 Å². The maximum atomic E-state index is 13.6. The third-order valence-electron chi connectivity index (χ3n) is 3.39. The zero-order chi connectivity index (χ0) is 16.8. The van der Waals surface area contributed by atoms with Gasteiger partial charge < -0.3 is 10.6 Å². The van der Waals surface area contributed by atoms with E-state index in [1.807, 2.05) is 13.8 Å². The highest BCUT2D eigenvalue weighted by atomic mass is 32.1. The summed E-state index contributed by atoms with van der Waals surface area (Å²) >= 11 is 1.32. The van der Waals surface area contributed by atoms with Crippen LogP contribution in [0.2, 0.25) is 0 Å². The molecule has 1 aromatic heterocycles. The van der Waals surface area contributed by atoms with Crippen LogP contribution in [-0.4, -0.2) is 17.9 Å². The summed E-state index contributed by atoms with van der Waals surface area (Å²) < 4.78 is 13.6. The van der Waals surface area contributed by atoms with E-state index in [0.717, 1.165) is 0 Å². The van der Waals surface area contributed by atoms with E-state index >= 15 is 0 Å². The number of hydrogen-bond acceptors (Lipinski definition) is 3. The molecule has 2 aromatic rings. The maximum Gasteiger partial charge on any atom is 0.262 e. The van der Waals surface area contributed by atoms with Crippen LogP contribution in [0.4, 0.5) is 4.39 Å². The van der Waals surface area contributed by atoms with Gasteiger partial charge in [-0.25, -0.2) is 4.39 Å². The lowest BCUT2D eigenvalue weighted by Crippen LogP contribution is -2.49. The quantitative estimate of drug-likeness (QED) is 0.853. The van der Waals surface area contributed by atoms with Crippen LogP contribution in [0, 0.1) is 11.7 Å². The molecular formula is C17H19FN2O2S. The Labute approximate surface area is 138 Å². The van der Waals surface area contributed by atoms with Crippen LogP contribution in [0.15, 0.2) is 41.8 Å². The van der Waals surface area contributed by atoms with Crippen LogP contribution in [0.3, 0.4) is 0 Å². The Morgan fingerprint density at radius 2 is 1.91 bits per heavy atom. The molecule has 23 heavy (non-hydrogen) atoms. The molecule has 4 nitrogen and oxygen atoms in total. The van der Waals surface area contributed by atoms with Crippen molar-refractivity contribution in [2.45, 2.75) is 26.4 Å². The minimum absolute atomic E-state index is 0.0838. The van der Waals surface area contributed by atoms with Crippen LogP contribution < -0.4 is 10.6 Å². The van der Waals surface area contributed by atoms with Crippen LogP contribution >= 0.6 is 11.3 Å². The minimum Gasteiger partial charge on any atom is -0.350 e. The molecule has 1 aromatic carbocycles. The highest BCUT2D eigenvalue weighted by Crippen LogP contribution is 2.11. The molecule has 2 N–H and O–H groups in total. The first kappa shape index (κ1) is 17.1. The van der Waals surface area contributed by atoms with E-state index in [1.165, 1.54) is 17.4 Å². The van der Waals surface area contributed by atoms with Gasteiger partial charge in [0.1, 0.15) is 11.9 Å². The van der Waals surface area contributed by atoms with E-state index in [1.54, 1.807) is 35.7 Å². The summed E-state index contributed by atoms with van der Waals surface area (Å²) in [5, 5.41) is 7.22. The average molecular weight is 334 g/mol. The molecule has 0 spiro atoms. The van der Waals surface area contributed by atoms with Gasteiger partial charge in [0.15, 0.2) is 0 Å². The molecule has 0 saturated carbocycles. The largest absolute Gasteiger partial charge is 0.350 e. The molecule has 0 aliphatic heterocycles. The number of nitrogens with one attached hydrogen (secondary N) is 2. The Hall–Kier alpha value is -2.21. The molecule has 122 valence electrons.